The fraction of sp³-hybridized carbons (Fsp3) is 0.640. The Kier molecular flexibility index (Phi) is 11.6. The zero-order valence-corrected chi connectivity index (χ0v) is 24.3. The molecule has 1 aliphatic rings. The van der Waals surface area contributed by atoms with Gasteiger partial charge in [0.2, 0.25) is 7.44 Å². The van der Waals surface area contributed by atoms with E-state index in [-0.39, 0.29) is 25.5 Å². The van der Waals surface area contributed by atoms with Crippen molar-refractivity contribution >= 4 is 36.4 Å². The molecule has 15 heteroatoms. The van der Waals surface area contributed by atoms with E-state index < -0.39 is 49.9 Å². The van der Waals surface area contributed by atoms with Crippen molar-refractivity contribution in [2.24, 2.45) is 0 Å². The van der Waals surface area contributed by atoms with Crippen LogP contribution in [-0.2, 0) is 28.4 Å². The number of nitrogens with zero attached hydrogens (tertiary/aromatic N) is 4. The van der Waals surface area contributed by atoms with E-state index in [1.165, 1.54) is 38.4 Å². The maximum absolute atomic E-state index is 14.0. The van der Waals surface area contributed by atoms with Gasteiger partial charge in [0.15, 0.2) is 17.7 Å². The maximum Gasteiger partial charge on any atom is 0.323 e. The Balaban J connectivity index is 1.75. The number of rotatable bonds is 15. The van der Waals surface area contributed by atoms with Crippen LogP contribution in [0.15, 0.2) is 24.5 Å². The summed E-state index contributed by atoms with van der Waals surface area (Å²) in [6.07, 6.45) is 5.21. The molecule has 5 N–H and O–H groups in total. The van der Waals surface area contributed by atoms with Crippen LogP contribution < -0.4 is 15.9 Å². The van der Waals surface area contributed by atoms with Gasteiger partial charge in [0.1, 0.15) is 30.0 Å². The first-order chi connectivity index (χ1) is 19.1. The van der Waals surface area contributed by atoms with Gasteiger partial charge in [-0.3, -0.25) is 18.7 Å². The highest BCUT2D eigenvalue weighted by atomic mass is 31.2. The van der Waals surface area contributed by atoms with Crippen molar-refractivity contribution in [2.75, 3.05) is 18.9 Å². The number of ether oxygens (including phenoxy) is 3. The Labute approximate surface area is 233 Å². The van der Waals surface area contributed by atoms with Gasteiger partial charge < -0.3 is 25.1 Å². The summed E-state index contributed by atoms with van der Waals surface area (Å²) in [6, 6.07) is -1.87. The minimum absolute atomic E-state index is 0.185. The second-order valence-electron chi connectivity index (χ2n) is 9.69. The third kappa shape index (κ3) is 8.31. The molecule has 1 aliphatic heterocycles. The molecule has 0 saturated carbocycles. The third-order valence-electron chi connectivity index (χ3n) is 6.25. The fourth-order valence-electron chi connectivity index (χ4n) is 4.02. The van der Waals surface area contributed by atoms with E-state index in [1.807, 2.05) is 13.8 Å². The van der Waals surface area contributed by atoms with E-state index >= 15 is 0 Å². The van der Waals surface area contributed by atoms with E-state index in [9.17, 15) is 19.3 Å². The molecule has 0 aromatic carbocycles. The Morgan fingerprint density at radius 2 is 1.75 bits per heavy atom. The van der Waals surface area contributed by atoms with Crippen molar-refractivity contribution in [3.8, 4) is 0 Å². The maximum atomic E-state index is 14.0. The number of aliphatic hydroxyl groups is 1. The van der Waals surface area contributed by atoms with Crippen molar-refractivity contribution in [3.63, 3.8) is 0 Å². The van der Waals surface area contributed by atoms with Crippen LogP contribution in [0.4, 0.5) is 5.82 Å². The number of carbonyl (C=O) groups is 2. The normalized spacial score (nSPS) is 21.1. The summed E-state index contributed by atoms with van der Waals surface area (Å²) in [6.45, 7) is 7.52. The molecule has 40 heavy (non-hydrogen) atoms. The van der Waals surface area contributed by atoms with Gasteiger partial charge in [-0.2, -0.15) is 0 Å². The molecule has 0 bridgehead atoms. The first-order valence-corrected chi connectivity index (χ1v) is 15.3. The average molecular weight is 582 g/mol. The number of hydrogen-bond donors (Lipinski definition) is 4. The molecular weight excluding hydrogens is 541 g/mol. The van der Waals surface area contributed by atoms with Crippen LogP contribution >= 0.6 is 7.44 Å². The Hall–Kier alpha value is -2.90. The monoisotopic (exact) mass is 581 g/mol. The summed E-state index contributed by atoms with van der Waals surface area (Å²) in [7, 11) is -3.72. The average Bonchev–Trinajstić information content (AvgIpc) is 3.51. The number of anilines is 1. The van der Waals surface area contributed by atoms with Crippen molar-refractivity contribution in [3.05, 3.63) is 24.5 Å². The predicted molar refractivity (Wildman–Crippen MR) is 148 cm³/mol. The van der Waals surface area contributed by atoms with Crippen molar-refractivity contribution in [1.82, 2.24) is 29.7 Å². The zero-order chi connectivity index (χ0) is 29.3. The number of unbranched alkanes of at least 4 members (excludes halogenated alkanes) is 2. The largest absolute Gasteiger partial charge is 0.465 e. The highest BCUT2D eigenvalue weighted by Gasteiger charge is 2.36. The van der Waals surface area contributed by atoms with Gasteiger partial charge in [-0.1, -0.05) is 26.7 Å². The second-order valence-corrected chi connectivity index (χ2v) is 11.8. The lowest BCUT2D eigenvalue weighted by Gasteiger charge is -2.24. The van der Waals surface area contributed by atoms with Gasteiger partial charge in [0.05, 0.1) is 25.6 Å². The lowest BCUT2D eigenvalue weighted by atomic mass is 10.2. The molecule has 3 rings (SSSR count). The number of imidazole rings is 1. The van der Waals surface area contributed by atoms with E-state index in [4.69, 9.17) is 19.9 Å². The number of aliphatic hydroxyl groups excluding tert-OH is 1. The summed E-state index contributed by atoms with van der Waals surface area (Å²) in [5, 5.41) is 16.3. The smallest absolute Gasteiger partial charge is 0.323 e. The minimum atomic E-state index is -3.72. The van der Waals surface area contributed by atoms with Gasteiger partial charge in [0, 0.05) is 12.2 Å². The van der Waals surface area contributed by atoms with Crippen LogP contribution in [0.3, 0.4) is 0 Å². The molecular formula is C25H40N7O7P. The van der Waals surface area contributed by atoms with Crippen LogP contribution in [0.2, 0.25) is 0 Å². The topological polar surface area (TPSA) is 193 Å². The quantitative estimate of drug-likeness (QED) is 0.136. The molecule has 222 valence electrons. The third-order valence-corrected chi connectivity index (χ3v) is 8.39. The van der Waals surface area contributed by atoms with Crippen LogP contribution in [0.1, 0.15) is 66.0 Å². The molecule has 0 amide bonds. The van der Waals surface area contributed by atoms with E-state index in [0.29, 0.717) is 24.0 Å². The summed E-state index contributed by atoms with van der Waals surface area (Å²) < 4.78 is 32.1. The molecule has 0 aliphatic carbocycles. The molecule has 3 heterocycles. The van der Waals surface area contributed by atoms with E-state index in [0.717, 1.165) is 12.8 Å². The number of esters is 2. The number of carbonyl (C=O) groups excluding carboxylic acids is 2. The zero-order valence-electron chi connectivity index (χ0n) is 23.4. The number of hydrogen-bond acceptors (Lipinski definition) is 11. The Morgan fingerprint density at radius 1 is 1.15 bits per heavy atom. The van der Waals surface area contributed by atoms with Gasteiger partial charge >= 0.3 is 11.9 Å². The number of nitrogens with two attached hydrogens (primary N) is 1. The van der Waals surface area contributed by atoms with E-state index in [1.54, 1.807) is 4.57 Å². The molecule has 0 radical (unpaired) electrons. The van der Waals surface area contributed by atoms with Crippen LogP contribution in [-0.4, -0.2) is 74.1 Å². The molecule has 2 aromatic heterocycles. The van der Waals surface area contributed by atoms with E-state index in [2.05, 4.69) is 25.1 Å². The molecule has 0 unspecified atom stereocenters. The first kappa shape index (κ1) is 31.6. The minimum Gasteiger partial charge on any atom is -0.465 e. The van der Waals surface area contributed by atoms with Gasteiger partial charge in [-0.15, -0.1) is 0 Å². The lowest BCUT2D eigenvalue weighted by Crippen LogP contribution is -2.41. The summed E-state index contributed by atoms with van der Waals surface area (Å²) in [5.74, 6) is 0.408. The molecule has 1 fully saturated rings. The molecule has 1 saturated heterocycles. The van der Waals surface area contributed by atoms with Crippen molar-refractivity contribution < 1.29 is 33.5 Å². The number of nitrogens with one attached hydrogen (secondary N) is 2. The lowest BCUT2D eigenvalue weighted by molar-refractivity contribution is -0.145. The number of fused-ring (bicyclic) bond motifs is 1. The summed E-state index contributed by atoms with van der Waals surface area (Å²) in [5.41, 5.74) is 6.65. The highest BCUT2D eigenvalue weighted by molar-refractivity contribution is 7.63. The molecule has 0 spiro atoms. The first-order valence-electron chi connectivity index (χ1n) is 13.5. The standard InChI is InChI=1S/C25H40N7O7P/c1-5-7-10-37-24(34)16(3)30-40(36,31-17(4)25(35)38-11-8-6-2)12-9-18-13-19(33)23(39-18)32-15-29-20-21(26)27-14-28-22(20)32/h9,12,14-19,23,33H,5-8,10-11,13H2,1-4H3,(H2,26,27,28)(H2,30,31,36)/b12-9+/t16-,17-,18+,19+,23+/m0/s1. The molecule has 2 aromatic rings. The Morgan fingerprint density at radius 3 is 2.33 bits per heavy atom. The molecule has 5 atom stereocenters. The fourth-order valence-corrected chi connectivity index (χ4v) is 6.06. The highest BCUT2D eigenvalue weighted by Crippen LogP contribution is 2.41. The predicted octanol–water partition coefficient (Wildman–Crippen LogP) is 2.41. The SMILES string of the molecule is CCCCOC(=O)[C@H](C)NP(=O)(/C=C/[C@@H]1C[C@@H](O)[C@H](n2cnc3c(N)ncnc32)O1)N[C@@H](C)C(=O)OCCCC. The number of nitrogen functional groups attached to an aromatic ring is 1. The summed E-state index contributed by atoms with van der Waals surface area (Å²) in [4.78, 5) is 37.2. The van der Waals surface area contributed by atoms with Crippen molar-refractivity contribution in [1.29, 1.82) is 0 Å². The van der Waals surface area contributed by atoms with Crippen LogP contribution in [0, 0.1) is 0 Å². The van der Waals surface area contributed by atoms with Gasteiger partial charge in [-0.25, -0.2) is 25.1 Å². The second kappa shape index (κ2) is 14.6. The van der Waals surface area contributed by atoms with Gasteiger partial charge in [-0.05, 0) is 32.8 Å². The van der Waals surface area contributed by atoms with Crippen LogP contribution in [0.5, 0.6) is 0 Å². The van der Waals surface area contributed by atoms with Crippen molar-refractivity contribution in [2.45, 2.75) is 90.3 Å². The van der Waals surface area contributed by atoms with Gasteiger partial charge in [0.25, 0.3) is 0 Å². The van der Waals surface area contributed by atoms with Crippen LogP contribution in [0.25, 0.3) is 11.2 Å². The molecule has 14 nitrogen and oxygen atoms in total. The summed E-state index contributed by atoms with van der Waals surface area (Å²) >= 11 is 0. The Bertz CT molecular complexity index is 1190. The number of aromatic nitrogens is 4.